The third-order valence-corrected chi connectivity index (χ3v) is 8.35. The van der Waals surface area contributed by atoms with Crippen LogP contribution in [-0.4, -0.2) is 33.0 Å². The summed E-state index contributed by atoms with van der Waals surface area (Å²) in [5.41, 5.74) is 1.75. The first-order valence-corrected chi connectivity index (χ1v) is 12.4. The molecule has 2 aromatic heterocycles. The van der Waals surface area contributed by atoms with Gasteiger partial charge < -0.3 is 10.6 Å². The van der Waals surface area contributed by atoms with Gasteiger partial charge in [-0.3, -0.25) is 14.6 Å². The van der Waals surface area contributed by atoms with E-state index in [4.69, 9.17) is 0 Å². The fraction of sp³-hybridized carbons (Fsp3) is 0.583. The molecule has 1 aliphatic carbocycles. The number of nitrogens with zero attached hydrogens (tertiary/aromatic N) is 3. The lowest BCUT2D eigenvalue weighted by Crippen LogP contribution is -2.48. The zero-order valence-electron chi connectivity index (χ0n) is 19.9. The van der Waals surface area contributed by atoms with Crippen molar-refractivity contribution >= 4 is 23.4 Å². The maximum Gasteiger partial charge on any atom is 0.283 e. The number of aromatic nitrogens is 3. The molecule has 2 N–H and O–H groups in total. The second-order valence-corrected chi connectivity index (χ2v) is 10.4. The van der Waals surface area contributed by atoms with E-state index in [9.17, 15) is 9.59 Å². The molecule has 1 fully saturated rings. The molecule has 0 spiro atoms. The highest BCUT2D eigenvalue weighted by Gasteiger charge is 2.43. The number of pyridine rings is 1. The molecule has 2 aromatic rings. The quantitative estimate of drug-likeness (QED) is 0.615. The van der Waals surface area contributed by atoms with Gasteiger partial charge in [0.1, 0.15) is 6.54 Å². The molecule has 4 atom stereocenters. The summed E-state index contributed by atoms with van der Waals surface area (Å²) in [5.74, 6) is 1.34. The van der Waals surface area contributed by atoms with Crippen LogP contribution in [0.3, 0.4) is 0 Å². The van der Waals surface area contributed by atoms with Crippen molar-refractivity contribution in [1.82, 2.24) is 20.1 Å². The lowest BCUT2D eigenvalue weighted by atomic mass is 9.58. The Balaban J connectivity index is 1.71. The van der Waals surface area contributed by atoms with Crippen LogP contribution in [0.25, 0.3) is 0 Å². The molecular weight excluding hydrogens is 422 g/mol. The van der Waals surface area contributed by atoms with Crippen molar-refractivity contribution in [1.29, 1.82) is 0 Å². The molecule has 3 rings (SSSR count). The molecule has 2 heterocycles. The average molecular weight is 458 g/mol. The second-order valence-electron chi connectivity index (χ2n) is 9.54. The summed E-state index contributed by atoms with van der Waals surface area (Å²) in [6.07, 6.45) is 7.98. The van der Waals surface area contributed by atoms with E-state index in [1.807, 2.05) is 18.4 Å². The zero-order valence-corrected chi connectivity index (χ0v) is 20.7. The van der Waals surface area contributed by atoms with E-state index in [0.29, 0.717) is 29.2 Å². The van der Waals surface area contributed by atoms with Crippen molar-refractivity contribution in [3.63, 3.8) is 0 Å². The van der Waals surface area contributed by atoms with Gasteiger partial charge in [-0.05, 0) is 53.5 Å². The van der Waals surface area contributed by atoms with Gasteiger partial charge in [0.05, 0.1) is 16.8 Å². The summed E-state index contributed by atoms with van der Waals surface area (Å²) in [6, 6.07) is 3.96. The van der Waals surface area contributed by atoms with Crippen molar-refractivity contribution in [2.24, 2.45) is 23.2 Å². The molecule has 1 amide bonds. The standard InChI is InChI=1S/C24H35N5O2S/c1-15-11-19(16(2)17(3)24(15,4)5)28-20-13-27-29(23(31)22(20)32-6)14-21(30)26-12-18-7-9-25-10-8-18/h7-10,13,15-17,19,28H,11-12,14H2,1-6H3,(H,26,30)/t15-,16+,17+,19+/m0/s1. The summed E-state index contributed by atoms with van der Waals surface area (Å²) < 4.78 is 1.23. The van der Waals surface area contributed by atoms with Gasteiger partial charge >= 0.3 is 0 Å². The first kappa shape index (κ1) is 24.3. The van der Waals surface area contributed by atoms with Gasteiger partial charge in [0, 0.05) is 25.0 Å². The molecule has 32 heavy (non-hydrogen) atoms. The Kier molecular flexibility index (Phi) is 7.64. The van der Waals surface area contributed by atoms with Gasteiger partial charge in [0.25, 0.3) is 5.56 Å². The zero-order chi connectivity index (χ0) is 23.5. The Morgan fingerprint density at radius 3 is 2.59 bits per heavy atom. The predicted octanol–water partition coefficient (Wildman–Crippen LogP) is 3.80. The maximum absolute atomic E-state index is 13.0. The second kappa shape index (κ2) is 10.1. The lowest BCUT2D eigenvalue weighted by Gasteiger charge is -2.50. The fourth-order valence-corrected chi connectivity index (χ4v) is 5.15. The number of carbonyl (C=O) groups is 1. The lowest BCUT2D eigenvalue weighted by molar-refractivity contribution is -0.122. The van der Waals surface area contributed by atoms with E-state index in [1.54, 1.807) is 18.6 Å². The van der Waals surface area contributed by atoms with E-state index < -0.39 is 0 Å². The van der Waals surface area contributed by atoms with Crippen molar-refractivity contribution in [2.45, 2.75) is 65.1 Å². The summed E-state index contributed by atoms with van der Waals surface area (Å²) in [7, 11) is 0. The smallest absolute Gasteiger partial charge is 0.283 e. The van der Waals surface area contributed by atoms with Crippen LogP contribution in [0, 0.1) is 23.2 Å². The molecule has 1 aliphatic rings. The molecule has 0 aromatic carbocycles. The summed E-state index contributed by atoms with van der Waals surface area (Å²) in [5, 5.41) is 10.7. The Bertz CT molecular complexity index is 992. The number of hydrogen-bond acceptors (Lipinski definition) is 6. The van der Waals surface area contributed by atoms with Gasteiger partial charge in [-0.25, -0.2) is 4.68 Å². The molecule has 0 aliphatic heterocycles. The van der Waals surface area contributed by atoms with Crippen LogP contribution >= 0.6 is 11.8 Å². The van der Waals surface area contributed by atoms with Crippen LogP contribution in [0.2, 0.25) is 0 Å². The number of anilines is 1. The molecule has 0 radical (unpaired) electrons. The Morgan fingerprint density at radius 2 is 1.94 bits per heavy atom. The maximum atomic E-state index is 13.0. The minimum absolute atomic E-state index is 0.111. The molecule has 0 saturated heterocycles. The fourth-order valence-electron chi connectivity index (χ4n) is 4.54. The van der Waals surface area contributed by atoms with Crippen molar-refractivity contribution < 1.29 is 4.79 Å². The van der Waals surface area contributed by atoms with Crippen LogP contribution in [0.1, 0.15) is 46.6 Å². The van der Waals surface area contributed by atoms with Crippen LogP contribution in [0.4, 0.5) is 5.69 Å². The Hall–Kier alpha value is -2.35. The van der Waals surface area contributed by atoms with Gasteiger partial charge in [-0.2, -0.15) is 5.10 Å². The van der Waals surface area contributed by atoms with Crippen molar-refractivity contribution in [3.8, 4) is 0 Å². The summed E-state index contributed by atoms with van der Waals surface area (Å²) in [4.78, 5) is 30.0. The minimum atomic E-state index is -0.255. The SMILES string of the molecule is CSc1c(N[C@@H]2C[C@H](C)C(C)(C)[C@H](C)[C@H]2C)cnn(CC(=O)NCc2ccncc2)c1=O. The van der Waals surface area contributed by atoms with Gasteiger partial charge in [-0.15, -0.1) is 11.8 Å². The minimum Gasteiger partial charge on any atom is -0.380 e. The first-order chi connectivity index (χ1) is 15.1. The molecule has 174 valence electrons. The molecule has 0 bridgehead atoms. The highest BCUT2D eigenvalue weighted by molar-refractivity contribution is 7.98. The topological polar surface area (TPSA) is 88.9 Å². The number of nitrogens with one attached hydrogen (secondary N) is 2. The van der Waals surface area contributed by atoms with Crippen LogP contribution in [0.15, 0.2) is 40.4 Å². The Labute approximate surface area is 194 Å². The largest absolute Gasteiger partial charge is 0.380 e. The third kappa shape index (κ3) is 5.17. The molecule has 0 unspecified atom stereocenters. The van der Waals surface area contributed by atoms with E-state index in [-0.39, 0.29) is 29.5 Å². The van der Waals surface area contributed by atoms with Crippen molar-refractivity contribution in [3.05, 3.63) is 46.6 Å². The molecule has 7 nitrogen and oxygen atoms in total. The van der Waals surface area contributed by atoms with E-state index >= 15 is 0 Å². The van der Waals surface area contributed by atoms with E-state index in [2.05, 4.69) is 55.3 Å². The Morgan fingerprint density at radius 1 is 1.25 bits per heavy atom. The average Bonchev–Trinajstić information content (AvgIpc) is 2.77. The predicted molar refractivity (Wildman–Crippen MR) is 130 cm³/mol. The first-order valence-electron chi connectivity index (χ1n) is 11.2. The van der Waals surface area contributed by atoms with E-state index in [0.717, 1.165) is 17.7 Å². The highest BCUT2D eigenvalue weighted by atomic mass is 32.2. The molecular formula is C24H35N5O2S. The third-order valence-electron chi connectivity index (χ3n) is 7.55. The van der Waals surface area contributed by atoms with Crippen LogP contribution in [0.5, 0.6) is 0 Å². The highest BCUT2D eigenvalue weighted by Crippen LogP contribution is 2.48. The van der Waals surface area contributed by atoms with Crippen molar-refractivity contribution in [2.75, 3.05) is 11.6 Å². The number of hydrogen-bond donors (Lipinski definition) is 2. The summed E-state index contributed by atoms with van der Waals surface area (Å²) in [6.45, 7) is 11.9. The molecule has 8 heteroatoms. The summed E-state index contributed by atoms with van der Waals surface area (Å²) >= 11 is 1.39. The van der Waals surface area contributed by atoms with Crippen LogP contribution < -0.4 is 16.2 Å². The van der Waals surface area contributed by atoms with Crippen LogP contribution in [-0.2, 0) is 17.9 Å². The molecule has 1 saturated carbocycles. The number of amides is 1. The van der Waals surface area contributed by atoms with Gasteiger partial charge in [-0.1, -0.05) is 34.6 Å². The van der Waals surface area contributed by atoms with E-state index in [1.165, 1.54) is 16.4 Å². The number of carbonyl (C=O) groups excluding carboxylic acids is 1. The number of thioether (sulfide) groups is 1. The normalized spacial score (nSPS) is 24.7. The van der Waals surface area contributed by atoms with Gasteiger partial charge in [0.15, 0.2) is 0 Å². The van der Waals surface area contributed by atoms with Gasteiger partial charge in [0.2, 0.25) is 5.91 Å². The number of rotatable bonds is 7. The monoisotopic (exact) mass is 457 g/mol.